The molecule has 0 saturated heterocycles. The second-order valence-corrected chi connectivity index (χ2v) is 11.9. The number of hydrogen-bond acceptors (Lipinski definition) is 0. The number of allylic oxidation sites excluding steroid dienone is 1. The molecule has 1 aromatic carbocycles. The molecule has 0 nitrogen and oxygen atoms in total. The SMILES string of the molecule is CCCc1ccc2c(c1)S(Br)(C(F)(F)F)C(C1CCCCC1)=C2. The fraction of sp³-hybridized carbons (Fsp3) is 0.556. The Kier molecular flexibility index (Phi) is 4.90. The van der Waals surface area contributed by atoms with E-state index in [1.54, 1.807) is 6.07 Å². The third kappa shape index (κ3) is 2.99. The summed E-state index contributed by atoms with van der Waals surface area (Å²) in [6.07, 6.45) is 8.60. The summed E-state index contributed by atoms with van der Waals surface area (Å²) in [5.41, 5.74) is -2.48. The first kappa shape index (κ1) is 17.4. The normalized spacial score (nSPS) is 28.1. The molecule has 1 unspecified atom stereocenters. The molecule has 128 valence electrons. The van der Waals surface area contributed by atoms with Crippen LogP contribution >= 0.6 is 23.3 Å². The summed E-state index contributed by atoms with van der Waals surface area (Å²) in [4.78, 5) is 1.07. The van der Waals surface area contributed by atoms with E-state index in [2.05, 4.69) is 21.7 Å². The van der Waals surface area contributed by atoms with Crippen molar-refractivity contribution in [3.63, 3.8) is 0 Å². The summed E-state index contributed by atoms with van der Waals surface area (Å²) >= 11 is 3.24. The first-order valence-corrected chi connectivity index (χ1v) is 11.8. The molecule has 1 aliphatic heterocycles. The molecule has 1 aliphatic carbocycles. The standard InChI is InChI=1S/C18H22BrF3S/c1-2-6-13-9-10-15-12-17(14-7-4-3-5-8-14)23(19,16(15)11-13)18(20,21)22/h9-12,14H,2-8H2,1H3. The molecule has 1 saturated carbocycles. The maximum absolute atomic E-state index is 14.1. The lowest BCUT2D eigenvalue weighted by Gasteiger charge is -2.39. The number of alkyl halides is 3. The Morgan fingerprint density at radius 3 is 2.48 bits per heavy atom. The highest BCUT2D eigenvalue weighted by molar-refractivity contribution is 9.59. The van der Waals surface area contributed by atoms with Crippen LogP contribution in [0.2, 0.25) is 0 Å². The molecule has 3 rings (SSSR count). The summed E-state index contributed by atoms with van der Waals surface area (Å²) in [6.45, 7) is 2.05. The predicted octanol–water partition coefficient (Wildman–Crippen LogP) is 7.57. The molecule has 0 radical (unpaired) electrons. The lowest BCUT2D eigenvalue weighted by Crippen LogP contribution is -2.20. The topological polar surface area (TPSA) is 0 Å². The van der Waals surface area contributed by atoms with Crippen molar-refractivity contribution in [1.82, 2.24) is 0 Å². The van der Waals surface area contributed by atoms with E-state index in [0.29, 0.717) is 9.80 Å². The van der Waals surface area contributed by atoms with Gasteiger partial charge in [0.2, 0.25) is 0 Å². The molecule has 1 aromatic rings. The number of aryl methyl sites for hydroxylation is 1. The van der Waals surface area contributed by atoms with Gasteiger partial charge in [-0.25, -0.2) is 0 Å². The number of benzene rings is 1. The Morgan fingerprint density at radius 2 is 1.87 bits per heavy atom. The van der Waals surface area contributed by atoms with E-state index < -0.39 is 14.0 Å². The first-order valence-electron chi connectivity index (χ1n) is 8.31. The Labute approximate surface area is 145 Å². The van der Waals surface area contributed by atoms with E-state index in [4.69, 9.17) is 0 Å². The molecular weight excluding hydrogens is 385 g/mol. The van der Waals surface area contributed by atoms with Gasteiger partial charge in [0.05, 0.1) is 0 Å². The van der Waals surface area contributed by atoms with Gasteiger partial charge in [-0.15, -0.1) is 0 Å². The van der Waals surface area contributed by atoms with Crippen molar-refractivity contribution >= 4 is 29.4 Å². The van der Waals surface area contributed by atoms with Gasteiger partial charge in [-0.3, -0.25) is 0 Å². The van der Waals surface area contributed by atoms with Crippen molar-refractivity contribution in [1.29, 1.82) is 0 Å². The van der Waals surface area contributed by atoms with Crippen LogP contribution in [0.1, 0.15) is 56.6 Å². The lowest BCUT2D eigenvalue weighted by atomic mass is 9.88. The minimum Gasteiger partial charge on any atom is -0.160 e. The smallest absolute Gasteiger partial charge is 0.160 e. The van der Waals surface area contributed by atoms with E-state index in [1.165, 1.54) is 0 Å². The first-order chi connectivity index (χ1) is 10.9. The summed E-state index contributed by atoms with van der Waals surface area (Å²) in [5, 5.41) is 0. The molecule has 1 fully saturated rings. The van der Waals surface area contributed by atoms with Gasteiger partial charge >= 0.3 is 5.51 Å². The lowest BCUT2D eigenvalue weighted by molar-refractivity contribution is -0.0357. The van der Waals surface area contributed by atoms with Crippen LogP contribution in [0.4, 0.5) is 13.2 Å². The van der Waals surface area contributed by atoms with E-state index >= 15 is 0 Å². The van der Waals surface area contributed by atoms with E-state index in [-0.39, 0.29) is 5.92 Å². The molecule has 23 heavy (non-hydrogen) atoms. The average Bonchev–Trinajstić information content (AvgIpc) is 2.83. The second kappa shape index (κ2) is 6.47. The van der Waals surface area contributed by atoms with Gasteiger partial charge in [0, 0.05) is 4.90 Å². The fourth-order valence-electron chi connectivity index (χ4n) is 3.74. The zero-order chi connectivity index (χ0) is 16.7. The largest absolute Gasteiger partial charge is 0.442 e. The van der Waals surface area contributed by atoms with E-state index in [1.807, 2.05) is 18.2 Å². The molecule has 0 spiro atoms. The average molecular weight is 407 g/mol. The highest BCUT2D eigenvalue weighted by atomic mass is 79.9. The Morgan fingerprint density at radius 1 is 1.17 bits per heavy atom. The van der Waals surface area contributed by atoms with Crippen LogP contribution in [0.25, 0.3) is 6.08 Å². The summed E-state index contributed by atoms with van der Waals surface area (Å²) < 4.78 is 42.3. The Hall–Kier alpha value is -0.420. The van der Waals surface area contributed by atoms with Crippen LogP contribution in [0, 0.1) is 5.92 Å². The van der Waals surface area contributed by atoms with Crippen molar-refractivity contribution < 1.29 is 13.2 Å². The maximum Gasteiger partial charge on any atom is 0.442 e. The highest BCUT2D eigenvalue weighted by Gasteiger charge is 2.56. The summed E-state index contributed by atoms with van der Waals surface area (Å²) in [7, 11) is -3.09. The molecule has 0 aromatic heterocycles. The molecule has 0 amide bonds. The van der Waals surface area contributed by atoms with Crippen molar-refractivity contribution in [2.75, 3.05) is 0 Å². The van der Waals surface area contributed by atoms with Crippen LogP contribution in [0.15, 0.2) is 28.0 Å². The zero-order valence-corrected chi connectivity index (χ0v) is 15.7. The van der Waals surface area contributed by atoms with Crippen molar-refractivity contribution in [3.8, 4) is 0 Å². The van der Waals surface area contributed by atoms with Gasteiger partial charge in [0.25, 0.3) is 0 Å². The van der Waals surface area contributed by atoms with Crippen LogP contribution in [0.5, 0.6) is 0 Å². The van der Waals surface area contributed by atoms with Crippen LogP contribution < -0.4 is 0 Å². The summed E-state index contributed by atoms with van der Waals surface area (Å²) in [6, 6.07) is 5.65. The van der Waals surface area contributed by atoms with Crippen molar-refractivity contribution in [2.24, 2.45) is 5.92 Å². The number of fused-ring (bicyclic) bond motifs is 1. The van der Waals surface area contributed by atoms with Crippen molar-refractivity contribution in [3.05, 3.63) is 34.2 Å². The molecule has 0 bridgehead atoms. The van der Waals surface area contributed by atoms with Gasteiger partial charge in [-0.1, -0.05) is 44.7 Å². The van der Waals surface area contributed by atoms with Gasteiger partial charge in [-0.05, 0) is 76.6 Å². The van der Waals surface area contributed by atoms with Gasteiger partial charge in [0.1, 0.15) is 0 Å². The molecule has 1 heterocycles. The molecule has 0 N–H and O–H groups in total. The van der Waals surface area contributed by atoms with Crippen LogP contribution in [-0.4, -0.2) is 5.51 Å². The second-order valence-electron chi connectivity index (χ2n) is 6.49. The molecule has 1 atom stereocenters. The zero-order valence-electron chi connectivity index (χ0n) is 13.3. The maximum atomic E-state index is 14.1. The third-order valence-electron chi connectivity index (χ3n) is 4.87. The predicted molar refractivity (Wildman–Crippen MR) is 95.8 cm³/mol. The number of hydrogen-bond donors (Lipinski definition) is 0. The number of halogens is 4. The fourth-order valence-corrected chi connectivity index (χ4v) is 8.18. The van der Waals surface area contributed by atoms with Crippen LogP contribution in [-0.2, 0) is 6.42 Å². The molecular formula is C18H22BrF3S. The molecule has 5 heteroatoms. The molecule has 2 aliphatic rings. The van der Waals surface area contributed by atoms with E-state index in [0.717, 1.165) is 56.1 Å². The van der Waals surface area contributed by atoms with Crippen LogP contribution in [0.3, 0.4) is 0 Å². The Bertz CT molecular complexity index is 617. The highest BCUT2D eigenvalue weighted by Crippen LogP contribution is 2.82. The Balaban J connectivity index is 2.07. The third-order valence-corrected chi connectivity index (χ3v) is 10.8. The number of rotatable bonds is 3. The van der Waals surface area contributed by atoms with Gasteiger partial charge < -0.3 is 0 Å². The monoisotopic (exact) mass is 406 g/mol. The van der Waals surface area contributed by atoms with Crippen molar-refractivity contribution in [2.45, 2.75) is 62.3 Å². The van der Waals surface area contributed by atoms with Gasteiger partial charge in [-0.2, -0.15) is 13.2 Å². The van der Waals surface area contributed by atoms with E-state index in [9.17, 15) is 13.2 Å². The summed E-state index contributed by atoms with van der Waals surface area (Å²) in [5.74, 6) is 0.0711. The van der Waals surface area contributed by atoms with Gasteiger partial charge in [0.15, 0.2) is 0 Å². The minimum atomic E-state index is -4.24. The quantitative estimate of drug-likeness (QED) is 0.485. The minimum absolute atomic E-state index is 0.0711.